The minimum atomic E-state index is -0.993. The van der Waals surface area contributed by atoms with Gasteiger partial charge >= 0.3 is 5.97 Å². The Labute approximate surface area is 117 Å². The summed E-state index contributed by atoms with van der Waals surface area (Å²) in [6.07, 6.45) is 10.2. The number of amides is 1. The summed E-state index contributed by atoms with van der Waals surface area (Å²) < 4.78 is 0. The second-order valence-electron chi connectivity index (χ2n) is 5.05. The number of hydrogen-bond acceptors (Lipinski definition) is 2. The van der Waals surface area contributed by atoms with Gasteiger partial charge in [-0.15, -0.1) is 0 Å². The molecule has 0 aliphatic rings. The maximum Gasteiger partial charge on any atom is 0.355 e. The normalized spacial score (nSPS) is 10.4. The maximum atomic E-state index is 11.5. The molecule has 0 atom stereocenters. The summed E-state index contributed by atoms with van der Waals surface area (Å²) in [4.78, 5) is 21.6. The molecule has 111 valence electrons. The third-order valence-corrected chi connectivity index (χ3v) is 3.14. The van der Waals surface area contributed by atoms with Gasteiger partial charge in [0.05, 0.1) is 6.42 Å². The summed E-state index contributed by atoms with van der Waals surface area (Å²) in [5.41, 5.74) is 0. The summed E-state index contributed by atoms with van der Waals surface area (Å²) in [5.74, 6) is -0.873. The zero-order chi connectivity index (χ0) is 14.3. The molecule has 0 aromatic heterocycles. The van der Waals surface area contributed by atoms with E-state index in [1.807, 2.05) is 0 Å². The Kier molecular flexibility index (Phi) is 12.6. The van der Waals surface area contributed by atoms with Crippen molar-refractivity contribution in [3.63, 3.8) is 0 Å². The van der Waals surface area contributed by atoms with Gasteiger partial charge in [0.2, 0.25) is 5.91 Å². The Bertz CT molecular complexity index is 242. The molecule has 19 heavy (non-hydrogen) atoms. The summed E-state index contributed by atoms with van der Waals surface area (Å²) in [5, 5.41) is 13.0. The smallest absolute Gasteiger partial charge is 0.355 e. The van der Waals surface area contributed by atoms with Crippen LogP contribution in [0, 0.1) is 0 Å². The van der Waals surface area contributed by atoms with E-state index in [1.165, 1.54) is 25.7 Å². The molecule has 0 unspecified atom stereocenters. The highest BCUT2D eigenvalue weighted by Crippen LogP contribution is 2.06. The highest BCUT2D eigenvalue weighted by molar-refractivity contribution is 5.75. The van der Waals surface area contributed by atoms with E-state index in [4.69, 9.17) is 0 Å². The van der Waals surface area contributed by atoms with E-state index in [1.54, 1.807) is 0 Å². The number of carbonyl (C=O) groups is 2. The third kappa shape index (κ3) is 14.9. The zero-order valence-electron chi connectivity index (χ0n) is 12.2. The third-order valence-electron chi connectivity index (χ3n) is 3.14. The Morgan fingerprint density at radius 2 is 1.37 bits per heavy atom. The highest BCUT2D eigenvalue weighted by atomic mass is 16.4. The fourth-order valence-electron chi connectivity index (χ4n) is 1.95. The van der Waals surface area contributed by atoms with Crippen LogP contribution in [0.1, 0.15) is 77.6 Å². The second-order valence-corrected chi connectivity index (χ2v) is 5.05. The molecule has 0 aromatic carbocycles. The van der Waals surface area contributed by atoms with Gasteiger partial charge in [-0.3, -0.25) is 4.79 Å². The van der Waals surface area contributed by atoms with Gasteiger partial charge in [0, 0.05) is 13.0 Å². The molecule has 0 aliphatic heterocycles. The predicted molar refractivity (Wildman–Crippen MR) is 75.2 cm³/mol. The molecular formula is C15H28NO3. The van der Waals surface area contributed by atoms with E-state index >= 15 is 0 Å². The molecule has 0 bridgehead atoms. The minimum Gasteiger partial charge on any atom is -0.356 e. The number of rotatable bonds is 13. The molecule has 0 fully saturated rings. The van der Waals surface area contributed by atoms with Crippen LogP contribution in [0.25, 0.3) is 0 Å². The molecule has 0 rings (SSSR count). The van der Waals surface area contributed by atoms with Crippen LogP contribution in [0.5, 0.6) is 0 Å². The average Bonchev–Trinajstić information content (AvgIpc) is 2.37. The molecule has 0 saturated carbocycles. The van der Waals surface area contributed by atoms with Crippen LogP contribution in [-0.2, 0) is 14.7 Å². The molecule has 0 saturated heterocycles. The SMILES string of the molecule is CCCCCCCCC(=O)NCCCCCC([O])=O. The molecular weight excluding hydrogens is 242 g/mol. The van der Waals surface area contributed by atoms with Crippen LogP contribution in [0.15, 0.2) is 0 Å². The van der Waals surface area contributed by atoms with E-state index in [9.17, 15) is 14.7 Å². The van der Waals surface area contributed by atoms with E-state index in [2.05, 4.69) is 12.2 Å². The number of nitrogens with one attached hydrogen (secondary N) is 1. The molecule has 0 heterocycles. The fraction of sp³-hybridized carbons (Fsp3) is 0.867. The molecule has 0 aromatic rings. The highest BCUT2D eigenvalue weighted by Gasteiger charge is 2.01. The minimum absolute atomic E-state index is 0.117. The van der Waals surface area contributed by atoms with Gasteiger partial charge in [-0.2, -0.15) is 0 Å². The average molecular weight is 270 g/mol. The molecule has 4 nitrogen and oxygen atoms in total. The van der Waals surface area contributed by atoms with Crippen LogP contribution >= 0.6 is 0 Å². The first-order valence-electron chi connectivity index (χ1n) is 7.63. The largest absolute Gasteiger partial charge is 0.356 e. The quantitative estimate of drug-likeness (QED) is 0.521. The van der Waals surface area contributed by atoms with Crippen LogP contribution in [-0.4, -0.2) is 18.4 Å². The van der Waals surface area contributed by atoms with Crippen molar-refractivity contribution < 1.29 is 14.7 Å². The molecule has 1 amide bonds. The van der Waals surface area contributed by atoms with Gasteiger partial charge in [0.1, 0.15) is 0 Å². The van der Waals surface area contributed by atoms with Crippen molar-refractivity contribution in [2.75, 3.05) is 6.54 Å². The van der Waals surface area contributed by atoms with Crippen molar-refractivity contribution in [3.8, 4) is 0 Å². The van der Waals surface area contributed by atoms with Crippen molar-refractivity contribution in [1.29, 1.82) is 0 Å². The van der Waals surface area contributed by atoms with Crippen molar-refractivity contribution in [1.82, 2.24) is 5.32 Å². The predicted octanol–water partition coefficient (Wildman–Crippen LogP) is 3.37. The Balaban J connectivity index is 3.19. The van der Waals surface area contributed by atoms with Crippen molar-refractivity contribution in [2.24, 2.45) is 0 Å². The fourth-order valence-corrected chi connectivity index (χ4v) is 1.95. The monoisotopic (exact) mass is 270 g/mol. The molecule has 0 spiro atoms. The number of hydrogen-bond donors (Lipinski definition) is 1. The Hall–Kier alpha value is -1.06. The van der Waals surface area contributed by atoms with Crippen LogP contribution in [0.4, 0.5) is 0 Å². The summed E-state index contributed by atoms with van der Waals surface area (Å²) >= 11 is 0. The first-order valence-corrected chi connectivity index (χ1v) is 7.63. The van der Waals surface area contributed by atoms with Gasteiger partial charge in [0.15, 0.2) is 0 Å². The molecule has 0 aliphatic carbocycles. The lowest BCUT2D eigenvalue weighted by atomic mass is 10.1. The lowest BCUT2D eigenvalue weighted by Crippen LogP contribution is -2.23. The summed E-state index contributed by atoms with van der Waals surface area (Å²) in [6.45, 7) is 2.85. The first-order chi connectivity index (χ1) is 9.16. The Morgan fingerprint density at radius 3 is 2.05 bits per heavy atom. The molecule has 4 heteroatoms. The second kappa shape index (κ2) is 13.4. The molecule has 1 radical (unpaired) electrons. The van der Waals surface area contributed by atoms with E-state index < -0.39 is 5.97 Å². The zero-order valence-corrected chi connectivity index (χ0v) is 12.2. The van der Waals surface area contributed by atoms with Crippen LogP contribution in [0.3, 0.4) is 0 Å². The van der Waals surface area contributed by atoms with Crippen molar-refractivity contribution in [3.05, 3.63) is 0 Å². The number of unbranched alkanes of at least 4 members (excludes halogenated alkanes) is 7. The van der Waals surface area contributed by atoms with Gasteiger partial charge < -0.3 is 5.32 Å². The van der Waals surface area contributed by atoms with Crippen LogP contribution < -0.4 is 5.32 Å². The van der Waals surface area contributed by atoms with Gasteiger partial charge in [-0.05, 0) is 19.3 Å². The number of carbonyl (C=O) groups excluding carboxylic acids is 2. The summed E-state index contributed by atoms with van der Waals surface area (Å²) in [6, 6.07) is 0. The van der Waals surface area contributed by atoms with Crippen molar-refractivity contribution >= 4 is 11.9 Å². The topological polar surface area (TPSA) is 66.1 Å². The maximum absolute atomic E-state index is 11.5. The van der Waals surface area contributed by atoms with Gasteiger partial charge in [0.25, 0.3) is 0 Å². The van der Waals surface area contributed by atoms with Gasteiger partial charge in [-0.1, -0.05) is 45.4 Å². The van der Waals surface area contributed by atoms with E-state index in [0.29, 0.717) is 19.4 Å². The lowest BCUT2D eigenvalue weighted by molar-refractivity contribution is -0.143. The van der Waals surface area contributed by atoms with E-state index in [0.717, 1.165) is 25.7 Å². The lowest BCUT2D eigenvalue weighted by Gasteiger charge is -2.04. The molecule has 1 N–H and O–H groups in total. The summed E-state index contributed by atoms with van der Waals surface area (Å²) in [7, 11) is 0. The van der Waals surface area contributed by atoms with Gasteiger partial charge in [-0.25, -0.2) is 9.90 Å². The Morgan fingerprint density at radius 1 is 0.789 bits per heavy atom. The van der Waals surface area contributed by atoms with E-state index in [-0.39, 0.29) is 12.3 Å². The standard InChI is InChI=1S/C15H28NO3/c1-2-3-4-5-6-8-11-14(17)16-13-10-7-9-12-15(18)19/h2-13H2,1H3,(H,16,17). The first kappa shape index (κ1) is 17.9. The van der Waals surface area contributed by atoms with Crippen LogP contribution in [0.2, 0.25) is 0 Å². The van der Waals surface area contributed by atoms with Crippen molar-refractivity contribution in [2.45, 2.75) is 77.6 Å².